The molecule has 18 heavy (non-hydrogen) atoms. The molecule has 1 heterocycles. The Hall–Kier alpha value is -0.870. The van der Waals surface area contributed by atoms with Gasteiger partial charge in [-0.15, -0.1) is 0 Å². The van der Waals surface area contributed by atoms with Crippen LogP contribution in [-0.4, -0.2) is 40.9 Å². The van der Waals surface area contributed by atoms with E-state index in [-0.39, 0.29) is 5.54 Å². The second-order valence-corrected chi connectivity index (χ2v) is 5.58. The largest absolute Gasteiger partial charge is 0.309 e. The smallest absolute Gasteiger partial charge is 0.0538 e. The topological polar surface area (TPSA) is 33.1 Å². The molecule has 1 rings (SSSR count). The third-order valence-corrected chi connectivity index (χ3v) is 3.71. The van der Waals surface area contributed by atoms with E-state index in [4.69, 9.17) is 0 Å². The van der Waals surface area contributed by atoms with Crippen LogP contribution in [0.2, 0.25) is 0 Å². The molecule has 0 spiro atoms. The first-order chi connectivity index (χ1) is 8.43. The van der Waals surface area contributed by atoms with Gasteiger partial charge in [-0.25, -0.2) is 0 Å². The van der Waals surface area contributed by atoms with Crippen LogP contribution in [-0.2, 0) is 6.54 Å². The molecule has 104 valence electrons. The molecule has 0 saturated carbocycles. The fraction of sp³-hybridized carbons (Fsp3) is 0.786. The van der Waals surface area contributed by atoms with Crippen LogP contribution in [0.1, 0.15) is 45.7 Å². The Balaban J connectivity index is 2.96. The lowest BCUT2D eigenvalue weighted by molar-refractivity contribution is 0.139. The van der Waals surface area contributed by atoms with E-state index in [2.05, 4.69) is 63.3 Å². The number of nitrogens with one attached hydrogen (secondary N) is 1. The molecule has 0 bridgehead atoms. The first-order valence-electron chi connectivity index (χ1n) is 6.86. The maximum Gasteiger partial charge on any atom is 0.0538 e. The molecular weight excluding hydrogens is 224 g/mol. The van der Waals surface area contributed by atoms with Crippen molar-refractivity contribution in [3.8, 4) is 0 Å². The van der Waals surface area contributed by atoms with Gasteiger partial charge in [0.15, 0.2) is 0 Å². The van der Waals surface area contributed by atoms with Crippen LogP contribution in [0.5, 0.6) is 0 Å². The van der Waals surface area contributed by atoms with E-state index in [0.29, 0.717) is 6.04 Å². The van der Waals surface area contributed by atoms with Crippen molar-refractivity contribution in [2.24, 2.45) is 0 Å². The van der Waals surface area contributed by atoms with Gasteiger partial charge in [-0.1, -0.05) is 13.8 Å². The molecule has 0 amide bonds. The summed E-state index contributed by atoms with van der Waals surface area (Å²) in [5.41, 5.74) is 1.32. The summed E-state index contributed by atoms with van der Waals surface area (Å²) < 4.78 is 2.03. The molecule has 0 aromatic carbocycles. The molecule has 0 aliphatic heterocycles. The highest BCUT2D eigenvalue weighted by atomic mass is 15.3. The fourth-order valence-corrected chi connectivity index (χ4v) is 2.12. The lowest BCUT2D eigenvalue weighted by Gasteiger charge is -2.40. The van der Waals surface area contributed by atoms with Crippen LogP contribution in [0, 0.1) is 0 Å². The second kappa shape index (κ2) is 6.34. The number of rotatable bonds is 7. The van der Waals surface area contributed by atoms with Crippen LogP contribution in [0.15, 0.2) is 12.4 Å². The molecule has 0 fully saturated rings. The minimum atomic E-state index is 0.0517. The molecule has 1 atom stereocenters. The lowest BCUT2D eigenvalue weighted by Crippen LogP contribution is -2.49. The van der Waals surface area contributed by atoms with E-state index >= 15 is 0 Å². The number of nitrogens with zero attached hydrogens (tertiary/aromatic N) is 3. The van der Waals surface area contributed by atoms with Crippen LogP contribution in [0.4, 0.5) is 0 Å². The van der Waals surface area contributed by atoms with Crippen molar-refractivity contribution in [3.05, 3.63) is 18.0 Å². The van der Waals surface area contributed by atoms with Crippen LogP contribution in [0.25, 0.3) is 0 Å². The summed E-state index contributed by atoms with van der Waals surface area (Å²) in [6, 6.07) is 0.295. The molecule has 4 nitrogen and oxygen atoms in total. The van der Waals surface area contributed by atoms with Gasteiger partial charge in [-0.05, 0) is 40.9 Å². The van der Waals surface area contributed by atoms with Crippen LogP contribution >= 0.6 is 0 Å². The first kappa shape index (κ1) is 15.2. The summed E-state index contributed by atoms with van der Waals surface area (Å²) in [7, 11) is 4.25. The van der Waals surface area contributed by atoms with Gasteiger partial charge in [-0.2, -0.15) is 5.10 Å². The van der Waals surface area contributed by atoms with Crippen molar-refractivity contribution in [2.45, 2.75) is 52.2 Å². The molecule has 0 radical (unpaired) electrons. The molecule has 0 aliphatic carbocycles. The summed E-state index contributed by atoms with van der Waals surface area (Å²) in [6.45, 7) is 10.8. The van der Waals surface area contributed by atoms with Crippen molar-refractivity contribution in [2.75, 3.05) is 20.6 Å². The Labute approximate surface area is 111 Å². The van der Waals surface area contributed by atoms with Crippen molar-refractivity contribution in [1.29, 1.82) is 0 Å². The number of hydrogen-bond acceptors (Lipinski definition) is 3. The van der Waals surface area contributed by atoms with Gasteiger partial charge in [0.1, 0.15) is 0 Å². The molecule has 1 unspecified atom stereocenters. The molecule has 0 saturated heterocycles. The normalized spacial score (nSPS) is 14.2. The minimum Gasteiger partial charge on any atom is -0.309 e. The van der Waals surface area contributed by atoms with Gasteiger partial charge in [0.25, 0.3) is 0 Å². The highest BCUT2D eigenvalue weighted by molar-refractivity contribution is 5.16. The van der Waals surface area contributed by atoms with E-state index in [1.165, 1.54) is 5.56 Å². The van der Waals surface area contributed by atoms with Crippen molar-refractivity contribution in [3.63, 3.8) is 0 Å². The van der Waals surface area contributed by atoms with E-state index in [9.17, 15) is 0 Å². The van der Waals surface area contributed by atoms with Gasteiger partial charge in [0.05, 0.1) is 12.2 Å². The number of likely N-dealkylation sites (N-methyl/N-ethyl adjacent to an activating group) is 2. The maximum atomic E-state index is 4.44. The predicted molar refractivity (Wildman–Crippen MR) is 76.7 cm³/mol. The SMILES string of the molecule is CCCn1cc(C(NCC)C(C)(C)N(C)C)cn1. The summed E-state index contributed by atoms with van der Waals surface area (Å²) in [4.78, 5) is 2.26. The van der Waals surface area contributed by atoms with Gasteiger partial charge < -0.3 is 10.2 Å². The molecule has 1 aromatic heterocycles. The predicted octanol–water partition coefficient (Wildman–Crippen LogP) is 2.28. The second-order valence-electron chi connectivity index (χ2n) is 5.58. The summed E-state index contributed by atoms with van der Waals surface area (Å²) in [6.07, 6.45) is 5.28. The van der Waals surface area contributed by atoms with E-state index < -0.39 is 0 Å². The zero-order valence-corrected chi connectivity index (χ0v) is 12.7. The monoisotopic (exact) mass is 252 g/mol. The number of hydrogen-bond donors (Lipinski definition) is 1. The van der Waals surface area contributed by atoms with Crippen molar-refractivity contribution in [1.82, 2.24) is 20.0 Å². The average molecular weight is 252 g/mol. The summed E-state index contributed by atoms with van der Waals surface area (Å²) in [5.74, 6) is 0. The van der Waals surface area contributed by atoms with Gasteiger partial charge >= 0.3 is 0 Å². The first-order valence-corrected chi connectivity index (χ1v) is 6.86. The van der Waals surface area contributed by atoms with E-state index in [1.807, 2.05) is 10.9 Å². The summed E-state index contributed by atoms with van der Waals surface area (Å²) in [5, 5.41) is 8.02. The molecule has 1 N–H and O–H groups in total. The van der Waals surface area contributed by atoms with Crippen molar-refractivity contribution >= 4 is 0 Å². The Morgan fingerprint density at radius 1 is 1.39 bits per heavy atom. The van der Waals surface area contributed by atoms with E-state index in [0.717, 1.165) is 19.5 Å². The van der Waals surface area contributed by atoms with Gasteiger partial charge in [-0.3, -0.25) is 4.68 Å². The van der Waals surface area contributed by atoms with Crippen LogP contribution in [0.3, 0.4) is 0 Å². The third-order valence-electron chi connectivity index (χ3n) is 3.71. The average Bonchev–Trinajstić information content (AvgIpc) is 2.74. The molecule has 0 aliphatic rings. The molecular formula is C14H28N4. The Kier molecular flexibility index (Phi) is 5.35. The number of aryl methyl sites for hydroxylation is 1. The minimum absolute atomic E-state index is 0.0517. The Bertz CT molecular complexity index is 354. The third kappa shape index (κ3) is 3.33. The van der Waals surface area contributed by atoms with Gasteiger partial charge in [0, 0.05) is 23.8 Å². The summed E-state index contributed by atoms with van der Waals surface area (Å²) >= 11 is 0. The van der Waals surface area contributed by atoms with E-state index in [1.54, 1.807) is 0 Å². The Morgan fingerprint density at radius 2 is 2.06 bits per heavy atom. The maximum absolute atomic E-state index is 4.44. The van der Waals surface area contributed by atoms with Gasteiger partial charge in [0.2, 0.25) is 0 Å². The molecule has 1 aromatic rings. The molecule has 4 heteroatoms. The fourth-order valence-electron chi connectivity index (χ4n) is 2.12. The highest BCUT2D eigenvalue weighted by Gasteiger charge is 2.32. The zero-order chi connectivity index (χ0) is 13.8. The lowest BCUT2D eigenvalue weighted by atomic mass is 9.89. The highest BCUT2D eigenvalue weighted by Crippen LogP contribution is 2.29. The number of aromatic nitrogens is 2. The Morgan fingerprint density at radius 3 is 2.56 bits per heavy atom. The zero-order valence-electron chi connectivity index (χ0n) is 12.7. The standard InChI is InChI=1S/C14H28N4/c1-7-9-18-11-12(10-16-18)13(15-8-2)14(3,4)17(5)6/h10-11,13,15H,7-9H2,1-6H3. The van der Waals surface area contributed by atoms with Crippen molar-refractivity contribution < 1.29 is 0 Å². The van der Waals surface area contributed by atoms with Crippen LogP contribution < -0.4 is 5.32 Å². The quantitative estimate of drug-likeness (QED) is 0.808.